The first-order valence-electron chi connectivity index (χ1n) is 23.8. The van der Waals surface area contributed by atoms with E-state index in [4.69, 9.17) is 15.0 Å². The Morgan fingerprint density at radius 1 is 0.257 bits per heavy atom. The monoisotopic (exact) mass is 891 g/mol. The van der Waals surface area contributed by atoms with E-state index in [1.54, 1.807) is 0 Å². The molecule has 0 N–H and O–H groups in total. The summed E-state index contributed by atoms with van der Waals surface area (Å²) in [6, 6.07) is 88.4. The second-order valence-corrected chi connectivity index (χ2v) is 18.0. The van der Waals surface area contributed by atoms with Crippen molar-refractivity contribution in [3.05, 3.63) is 249 Å². The molecule has 10 aromatic carbocycles. The van der Waals surface area contributed by atoms with E-state index < -0.39 is 0 Å². The number of fused-ring (bicyclic) bond motifs is 10. The molecule has 326 valence electrons. The van der Waals surface area contributed by atoms with Gasteiger partial charge in [-0.3, -0.25) is 0 Å². The van der Waals surface area contributed by atoms with Crippen LogP contribution in [-0.2, 0) is 0 Å². The van der Waals surface area contributed by atoms with Crippen LogP contribution in [0.25, 0.3) is 133 Å². The highest BCUT2D eigenvalue weighted by molar-refractivity contribution is 6.28. The van der Waals surface area contributed by atoms with E-state index in [-0.39, 0.29) is 0 Å². The van der Waals surface area contributed by atoms with Gasteiger partial charge < -0.3 is 9.13 Å². The van der Waals surface area contributed by atoms with Gasteiger partial charge in [0.05, 0.1) is 44.7 Å². The van der Waals surface area contributed by atoms with Gasteiger partial charge in [0.2, 0.25) is 0 Å². The predicted molar refractivity (Wildman–Crippen MR) is 291 cm³/mol. The molecule has 0 amide bonds. The third-order valence-electron chi connectivity index (χ3n) is 13.9. The number of rotatable bonds is 7. The molecule has 5 nitrogen and oxygen atoms in total. The lowest BCUT2D eigenvalue weighted by Gasteiger charge is -2.14. The van der Waals surface area contributed by atoms with Crippen LogP contribution >= 0.6 is 0 Å². The predicted octanol–water partition coefficient (Wildman–Crippen LogP) is 16.7. The Labute approximate surface area is 403 Å². The van der Waals surface area contributed by atoms with E-state index in [2.05, 4.69) is 240 Å². The highest BCUT2D eigenvalue weighted by Crippen LogP contribution is 2.43. The smallest absolute Gasteiger partial charge is 0.160 e. The minimum absolute atomic E-state index is 0.688. The van der Waals surface area contributed by atoms with Crippen LogP contribution in [0.3, 0.4) is 0 Å². The second kappa shape index (κ2) is 16.1. The van der Waals surface area contributed by atoms with Gasteiger partial charge in [-0.15, -0.1) is 0 Å². The van der Waals surface area contributed by atoms with Crippen molar-refractivity contribution in [3.8, 4) is 67.7 Å². The number of nitrogens with zero attached hydrogens (tertiary/aromatic N) is 5. The van der Waals surface area contributed by atoms with Gasteiger partial charge in [-0.05, 0) is 83.2 Å². The van der Waals surface area contributed by atoms with Crippen LogP contribution in [0.4, 0.5) is 0 Å². The summed E-state index contributed by atoms with van der Waals surface area (Å²) in [5.74, 6) is 0.688. The van der Waals surface area contributed by atoms with E-state index in [0.29, 0.717) is 5.82 Å². The fourth-order valence-electron chi connectivity index (χ4n) is 10.7. The largest absolute Gasteiger partial charge is 0.309 e. The molecule has 0 spiro atoms. The molecule has 0 saturated carbocycles. The molecule has 14 aromatic rings. The topological polar surface area (TPSA) is 48.5 Å². The number of pyridine rings is 1. The molecule has 0 atom stereocenters. The van der Waals surface area contributed by atoms with E-state index in [0.717, 1.165) is 83.6 Å². The SMILES string of the molecule is c1ccc(-c2nc(-c3ccc(-c4ccc5nc(-c6ccccc6)c6c(ccc7c6c6ccccc6n7-c6ccccc6)c5c4)cc3)cc(-c3ccc(-n4c5ccccc5c5ccccc54)cc3)n2)cc1. The van der Waals surface area contributed by atoms with E-state index >= 15 is 0 Å². The van der Waals surface area contributed by atoms with Crippen LogP contribution in [0.1, 0.15) is 0 Å². The van der Waals surface area contributed by atoms with Gasteiger partial charge >= 0.3 is 0 Å². The summed E-state index contributed by atoms with van der Waals surface area (Å²) in [6.07, 6.45) is 0. The molecule has 70 heavy (non-hydrogen) atoms. The maximum absolute atomic E-state index is 5.48. The minimum Gasteiger partial charge on any atom is -0.309 e. The Hall–Kier alpha value is -9.45. The minimum atomic E-state index is 0.688. The lowest BCUT2D eigenvalue weighted by atomic mass is 9.94. The summed E-state index contributed by atoms with van der Waals surface area (Å²) in [4.78, 5) is 15.8. The van der Waals surface area contributed by atoms with Gasteiger partial charge in [0.15, 0.2) is 5.82 Å². The summed E-state index contributed by atoms with van der Waals surface area (Å²) in [5.41, 5.74) is 17.0. The zero-order valence-corrected chi connectivity index (χ0v) is 37.9. The number of hydrogen-bond donors (Lipinski definition) is 0. The van der Waals surface area contributed by atoms with Crippen molar-refractivity contribution >= 4 is 65.3 Å². The number of hydrogen-bond acceptors (Lipinski definition) is 3. The van der Waals surface area contributed by atoms with Crippen LogP contribution in [0.5, 0.6) is 0 Å². The van der Waals surface area contributed by atoms with Crippen LogP contribution < -0.4 is 0 Å². The summed E-state index contributed by atoms with van der Waals surface area (Å²) in [6.45, 7) is 0. The zero-order chi connectivity index (χ0) is 46.1. The van der Waals surface area contributed by atoms with Crippen molar-refractivity contribution in [1.29, 1.82) is 0 Å². The molecule has 0 aliphatic rings. The zero-order valence-electron chi connectivity index (χ0n) is 37.9. The van der Waals surface area contributed by atoms with Gasteiger partial charge in [0, 0.05) is 65.9 Å². The summed E-state index contributed by atoms with van der Waals surface area (Å²) >= 11 is 0. The first-order chi connectivity index (χ1) is 34.7. The van der Waals surface area contributed by atoms with Gasteiger partial charge in [-0.2, -0.15) is 0 Å². The van der Waals surface area contributed by atoms with Gasteiger partial charge in [0.1, 0.15) is 0 Å². The highest BCUT2D eigenvalue weighted by atomic mass is 15.0. The van der Waals surface area contributed by atoms with E-state index in [9.17, 15) is 0 Å². The molecule has 0 saturated heterocycles. The normalized spacial score (nSPS) is 11.7. The van der Waals surface area contributed by atoms with Crippen molar-refractivity contribution in [2.24, 2.45) is 0 Å². The van der Waals surface area contributed by atoms with Crippen molar-refractivity contribution in [1.82, 2.24) is 24.1 Å². The molecule has 0 aliphatic heterocycles. The van der Waals surface area contributed by atoms with Crippen molar-refractivity contribution in [3.63, 3.8) is 0 Å². The maximum atomic E-state index is 5.48. The van der Waals surface area contributed by atoms with Crippen LogP contribution in [-0.4, -0.2) is 24.1 Å². The lowest BCUT2D eigenvalue weighted by Crippen LogP contribution is -1.97. The Kier molecular flexibility index (Phi) is 9.14. The molecule has 5 heteroatoms. The van der Waals surface area contributed by atoms with Crippen LogP contribution in [0, 0.1) is 0 Å². The van der Waals surface area contributed by atoms with Crippen LogP contribution in [0.15, 0.2) is 249 Å². The Balaban J connectivity index is 0.876. The molecule has 0 unspecified atom stereocenters. The maximum Gasteiger partial charge on any atom is 0.160 e. The molecule has 0 fully saturated rings. The van der Waals surface area contributed by atoms with E-state index in [1.807, 2.05) is 18.2 Å². The van der Waals surface area contributed by atoms with Crippen molar-refractivity contribution in [2.75, 3.05) is 0 Å². The standard InChI is InChI=1S/C65H41N5/c1-4-16-45(17-5-1)64-63-52(37-39-61-62(63)53-24-12-15-27-60(53)70(61)48-20-8-3-9-21-48)54-40-47(34-38-55(54)66-64)42-28-30-43(31-29-42)56-41-57(68-65(67-56)46-18-6-2-7-19-46)44-32-35-49(36-33-44)69-58-25-13-10-22-50(58)51-23-11-14-26-59(51)69/h1-41H. The average Bonchev–Trinajstić information content (AvgIpc) is 3.97. The Morgan fingerprint density at radius 3 is 1.39 bits per heavy atom. The van der Waals surface area contributed by atoms with Gasteiger partial charge in [-0.1, -0.05) is 182 Å². The molecule has 0 radical (unpaired) electrons. The van der Waals surface area contributed by atoms with Crippen molar-refractivity contribution in [2.45, 2.75) is 0 Å². The third kappa shape index (κ3) is 6.44. The third-order valence-corrected chi connectivity index (χ3v) is 13.9. The van der Waals surface area contributed by atoms with Gasteiger partial charge in [-0.25, -0.2) is 15.0 Å². The number of benzene rings is 10. The molecule has 14 rings (SSSR count). The summed E-state index contributed by atoms with van der Waals surface area (Å²) < 4.78 is 4.73. The fourth-order valence-corrected chi connectivity index (χ4v) is 10.7. The molecule has 0 aliphatic carbocycles. The van der Waals surface area contributed by atoms with E-state index in [1.165, 1.54) is 43.5 Å². The molecular weight excluding hydrogens is 851 g/mol. The molecule has 0 bridgehead atoms. The molecule has 4 heterocycles. The second-order valence-electron chi connectivity index (χ2n) is 18.0. The summed E-state index contributed by atoms with van der Waals surface area (Å²) in [5, 5.41) is 8.35. The first-order valence-corrected chi connectivity index (χ1v) is 23.8. The molecule has 4 aromatic heterocycles. The number of para-hydroxylation sites is 4. The molecular formula is C65H41N5. The average molecular weight is 892 g/mol. The van der Waals surface area contributed by atoms with Crippen LogP contribution in [0.2, 0.25) is 0 Å². The Morgan fingerprint density at radius 2 is 0.743 bits per heavy atom. The Bertz CT molecular complexity index is 4250. The van der Waals surface area contributed by atoms with Gasteiger partial charge in [0.25, 0.3) is 0 Å². The number of aromatic nitrogens is 5. The fraction of sp³-hybridized carbons (Fsp3) is 0. The quantitative estimate of drug-likeness (QED) is 0.150. The first kappa shape index (κ1) is 39.7. The van der Waals surface area contributed by atoms with Crippen molar-refractivity contribution < 1.29 is 0 Å². The summed E-state index contributed by atoms with van der Waals surface area (Å²) in [7, 11) is 0. The lowest BCUT2D eigenvalue weighted by molar-refractivity contribution is 1.17. The highest BCUT2D eigenvalue weighted by Gasteiger charge is 2.21.